The molecule has 1 heterocycles. The van der Waals surface area contributed by atoms with Gasteiger partial charge in [-0.15, -0.1) is 12.4 Å². The molecular weight excluding hydrogens is 326 g/mol. The molecule has 1 aromatic rings. The zero-order valence-electron chi connectivity index (χ0n) is 13.0. The quantitative estimate of drug-likeness (QED) is 0.598. The van der Waals surface area contributed by atoms with E-state index in [4.69, 9.17) is 9.47 Å². The van der Waals surface area contributed by atoms with Crippen LogP contribution in [0.5, 0.6) is 11.5 Å². The molecule has 1 amide bonds. The SMILES string of the molecule is CCOc1cc(C(=O)NC2CCNC2)c([N+](=O)[O-])cc1OC.Cl. The maximum Gasteiger partial charge on any atom is 0.286 e. The van der Waals surface area contributed by atoms with Crippen LogP contribution in [0.1, 0.15) is 23.7 Å². The van der Waals surface area contributed by atoms with E-state index < -0.39 is 10.8 Å². The third-order valence-electron chi connectivity index (χ3n) is 3.42. The summed E-state index contributed by atoms with van der Waals surface area (Å²) in [4.78, 5) is 23.0. The predicted molar refractivity (Wildman–Crippen MR) is 86.8 cm³/mol. The predicted octanol–water partition coefficient (Wildman–Crippen LogP) is 1.52. The monoisotopic (exact) mass is 345 g/mol. The smallest absolute Gasteiger partial charge is 0.286 e. The number of benzene rings is 1. The summed E-state index contributed by atoms with van der Waals surface area (Å²) in [5, 5.41) is 17.1. The number of rotatable bonds is 6. The van der Waals surface area contributed by atoms with Crippen LogP contribution < -0.4 is 20.1 Å². The highest BCUT2D eigenvalue weighted by molar-refractivity contribution is 5.99. The summed E-state index contributed by atoms with van der Waals surface area (Å²) >= 11 is 0. The first kappa shape index (κ1) is 19.0. The fourth-order valence-electron chi connectivity index (χ4n) is 2.35. The van der Waals surface area contributed by atoms with Crippen LogP contribution in [0.3, 0.4) is 0 Å². The summed E-state index contributed by atoms with van der Waals surface area (Å²) in [5.41, 5.74) is -0.329. The molecule has 0 saturated carbocycles. The van der Waals surface area contributed by atoms with Gasteiger partial charge in [-0.3, -0.25) is 14.9 Å². The summed E-state index contributed by atoms with van der Waals surface area (Å²) in [5.74, 6) is 0.0573. The Labute approximate surface area is 140 Å². The number of carbonyl (C=O) groups is 1. The summed E-state index contributed by atoms with van der Waals surface area (Å²) in [6.45, 7) is 3.63. The van der Waals surface area contributed by atoms with Crippen molar-refractivity contribution in [3.63, 3.8) is 0 Å². The molecule has 1 aliphatic heterocycles. The molecular formula is C14H20ClN3O5. The Kier molecular flexibility index (Phi) is 7.05. The molecule has 0 aliphatic carbocycles. The van der Waals surface area contributed by atoms with Crippen molar-refractivity contribution >= 4 is 24.0 Å². The fraction of sp³-hybridized carbons (Fsp3) is 0.500. The minimum Gasteiger partial charge on any atom is -0.493 e. The van der Waals surface area contributed by atoms with Crippen molar-refractivity contribution in [2.24, 2.45) is 0 Å². The number of hydrogen-bond acceptors (Lipinski definition) is 6. The Morgan fingerprint density at radius 3 is 2.74 bits per heavy atom. The van der Waals surface area contributed by atoms with Crippen molar-refractivity contribution in [1.82, 2.24) is 10.6 Å². The summed E-state index contributed by atoms with van der Waals surface area (Å²) in [6.07, 6.45) is 0.800. The number of ether oxygens (including phenoxy) is 2. The van der Waals surface area contributed by atoms with Crippen LogP contribution in [0, 0.1) is 10.1 Å². The zero-order valence-corrected chi connectivity index (χ0v) is 13.8. The van der Waals surface area contributed by atoms with Gasteiger partial charge in [-0.2, -0.15) is 0 Å². The molecule has 1 fully saturated rings. The first-order valence-corrected chi connectivity index (χ1v) is 7.07. The summed E-state index contributed by atoms with van der Waals surface area (Å²) in [6, 6.07) is 2.55. The number of carbonyl (C=O) groups excluding carboxylic acids is 1. The van der Waals surface area contributed by atoms with Crippen LogP contribution >= 0.6 is 12.4 Å². The normalized spacial score (nSPS) is 16.3. The lowest BCUT2D eigenvalue weighted by Gasteiger charge is -2.14. The minimum atomic E-state index is -0.597. The van der Waals surface area contributed by atoms with Gasteiger partial charge >= 0.3 is 0 Å². The second-order valence-electron chi connectivity index (χ2n) is 4.87. The minimum absolute atomic E-state index is 0. The number of halogens is 1. The summed E-state index contributed by atoms with van der Waals surface area (Å²) < 4.78 is 10.5. The van der Waals surface area contributed by atoms with Crippen molar-refractivity contribution in [2.45, 2.75) is 19.4 Å². The Morgan fingerprint density at radius 2 is 2.22 bits per heavy atom. The Hall–Kier alpha value is -2.06. The second kappa shape index (κ2) is 8.54. The van der Waals surface area contributed by atoms with E-state index >= 15 is 0 Å². The lowest BCUT2D eigenvalue weighted by atomic mass is 10.1. The lowest BCUT2D eigenvalue weighted by Crippen LogP contribution is -2.36. The van der Waals surface area contributed by atoms with E-state index in [0.717, 1.165) is 13.0 Å². The van der Waals surface area contributed by atoms with Gasteiger partial charge in [-0.25, -0.2) is 0 Å². The molecule has 0 spiro atoms. The first-order valence-electron chi connectivity index (χ1n) is 7.07. The van der Waals surface area contributed by atoms with E-state index in [1.165, 1.54) is 19.2 Å². The molecule has 2 N–H and O–H groups in total. The van der Waals surface area contributed by atoms with E-state index in [1.807, 2.05) is 0 Å². The topological polar surface area (TPSA) is 103 Å². The third kappa shape index (κ3) is 4.46. The van der Waals surface area contributed by atoms with Crippen LogP contribution in [0.15, 0.2) is 12.1 Å². The van der Waals surface area contributed by atoms with Crippen molar-refractivity contribution in [3.05, 3.63) is 27.8 Å². The van der Waals surface area contributed by atoms with Crippen LogP contribution in [-0.2, 0) is 0 Å². The van der Waals surface area contributed by atoms with Crippen LogP contribution in [-0.4, -0.2) is 43.7 Å². The molecule has 9 heteroatoms. The molecule has 1 atom stereocenters. The van der Waals surface area contributed by atoms with Gasteiger partial charge in [0.15, 0.2) is 11.5 Å². The highest BCUT2D eigenvalue weighted by atomic mass is 35.5. The first-order chi connectivity index (χ1) is 10.6. The van der Waals surface area contributed by atoms with E-state index in [2.05, 4.69) is 10.6 Å². The highest BCUT2D eigenvalue weighted by Gasteiger charge is 2.26. The molecule has 0 aromatic heterocycles. The van der Waals surface area contributed by atoms with E-state index in [1.54, 1.807) is 6.92 Å². The lowest BCUT2D eigenvalue weighted by molar-refractivity contribution is -0.385. The molecule has 1 aliphatic rings. The number of nitro benzene ring substituents is 1. The van der Waals surface area contributed by atoms with E-state index in [0.29, 0.717) is 18.9 Å². The Balaban J connectivity index is 0.00000264. The van der Waals surface area contributed by atoms with Crippen molar-refractivity contribution in [2.75, 3.05) is 26.8 Å². The van der Waals surface area contributed by atoms with Gasteiger partial charge in [-0.1, -0.05) is 0 Å². The molecule has 1 unspecified atom stereocenters. The van der Waals surface area contributed by atoms with Crippen molar-refractivity contribution < 1.29 is 19.2 Å². The molecule has 1 saturated heterocycles. The third-order valence-corrected chi connectivity index (χ3v) is 3.42. The van der Waals surface area contributed by atoms with Crippen LogP contribution in [0.4, 0.5) is 5.69 Å². The molecule has 2 rings (SSSR count). The molecule has 23 heavy (non-hydrogen) atoms. The molecule has 1 aromatic carbocycles. The van der Waals surface area contributed by atoms with Gasteiger partial charge < -0.3 is 20.1 Å². The molecule has 0 bridgehead atoms. The average molecular weight is 346 g/mol. The second-order valence-corrected chi connectivity index (χ2v) is 4.87. The zero-order chi connectivity index (χ0) is 16.1. The van der Waals surface area contributed by atoms with Crippen molar-refractivity contribution in [1.29, 1.82) is 0 Å². The maximum atomic E-state index is 12.3. The van der Waals surface area contributed by atoms with Gasteiger partial charge in [0.05, 0.1) is 24.7 Å². The largest absolute Gasteiger partial charge is 0.493 e. The van der Waals surface area contributed by atoms with E-state index in [9.17, 15) is 14.9 Å². The number of amides is 1. The van der Waals surface area contributed by atoms with Gasteiger partial charge in [0.1, 0.15) is 5.56 Å². The molecule has 0 radical (unpaired) electrons. The van der Waals surface area contributed by atoms with Gasteiger partial charge in [0, 0.05) is 18.7 Å². The molecule has 8 nitrogen and oxygen atoms in total. The van der Waals surface area contributed by atoms with Crippen LogP contribution in [0.25, 0.3) is 0 Å². The van der Waals surface area contributed by atoms with Gasteiger partial charge in [0.25, 0.3) is 11.6 Å². The standard InChI is InChI=1S/C14H19N3O5.ClH/c1-3-22-13-6-10(11(17(19)20)7-12(13)21-2)14(18)16-9-4-5-15-8-9;/h6-7,9,15H,3-5,8H2,1-2H3,(H,16,18);1H. The number of hydrogen-bond donors (Lipinski definition) is 2. The Morgan fingerprint density at radius 1 is 1.48 bits per heavy atom. The number of nitrogens with zero attached hydrogens (tertiary/aromatic N) is 1. The van der Waals surface area contributed by atoms with Crippen LogP contribution in [0.2, 0.25) is 0 Å². The Bertz CT molecular complexity index is 576. The maximum absolute atomic E-state index is 12.3. The van der Waals surface area contributed by atoms with Crippen molar-refractivity contribution in [3.8, 4) is 11.5 Å². The van der Waals surface area contributed by atoms with E-state index in [-0.39, 0.29) is 35.4 Å². The average Bonchev–Trinajstić information content (AvgIpc) is 2.99. The molecule has 128 valence electrons. The summed E-state index contributed by atoms with van der Waals surface area (Å²) in [7, 11) is 1.39. The highest BCUT2D eigenvalue weighted by Crippen LogP contribution is 2.34. The fourth-order valence-corrected chi connectivity index (χ4v) is 2.35. The van der Waals surface area contributed by atoms with Gasteiger partial charge in [0.2, 0.25) is 0 Å². The number of methoxy groups -OCH3 is 1. The van der Waals surface area contributed by atoms with Gasteiger partial charge in [-0.05, 0) is 19.9 Å². The number of nitrogens with one attached hydrogen (secondary N) is 2. The number of nitro groups is 1.